The molecule has 2 aromatic rings. The Hall–Kier alpha value is -0.810. The molecule has 1 aliphatic rings. The zero-order valence-corrected chi connectivity index (χ0v) is 14.7. The van der Waals surface area contributed by atoms with Gasteiger partial charge in [-0.1, -0.05) is 29.8 Å². The van der Waals surface area contributed by atoms with E-state index in [0.717, 1.165) is 22.8 Å². The number of benzene rings is 1. The first kappa shape index (κ1) is 15.1. The van der Waals surface area contributed by atoms with Gasteiger partial charge in [-0.25, -0.2) is 8.42 Å². The van der Waals surface area contributed by atoms with Crippen molar-refractivity contribution in [1.82, 2.24) is 4.98 Å². The number of halogens is 1. The van der Waals surface area contributed by atoms with Gasteiger partial charge < -0.3 is 4.98 Å². The fourth-order valence-electron chi connectivity index (χ4n) is 3.42. The third-order valence-corrected chi connectivity index (χ3v) is 7.55. The maximum atomic E-state index is 12.2. The number of aromatic nitrogens is 1. The summed E-state index contributed by atoms with van der Waals surface area (Å²) in [6.45, 7) is 4.02. The van der Waals surface area contributed by atoms with Gasteiger partial charge in [-0.05, 0) is 48.4 Å². The average molecular weight is 370 g/mol. The smallest absolute Gasteiger partial charge is 0.153 e. The summed E-state index contributed by atoms with van der Waals surface area (Å²) in [5, 5.41) is 0.990. The van der Waals surface area contributed by atoms with Crippen molar-refractivity contribution in [2.45, 2.75) is 37.9 Å². The lowest BCUT2D eigenvalue weighted by Gasteiger charge is -2.31. The van der Waals surface area contributed by atoms with Crippen LogP contribution in [0.1, 0.15) is 38.2 Å². The standard InChI is InChI=1S/C16H20BrNO2S/c1-10(2)16-7-11(5-6-21(16,19)20)14-9-18-15-4-3-12(17)8-13(14)15/h3-4,8-11,16,18H,5-7H2,1-2H3. The number of rotatable bonds is 2. The fourth-order valence-corrected chi connectivity index (χ4v) is 6.06. The number of nitrogens with one attached hydrogen (secondary N) is 1. The summed E-state index contributed by atoms with van der Waals surface area (Å²) in [4.78, 5) is 3.31. The summed E-state index contributed by atoms with van der Waals surface area (Å²) in [7, 11) is -2.93. The predicted octanol–water partition coefficient (Wildman–Crippen LogP) is 4.25. The first-order chi connectivity index (χ1) is 9.88. The highest BCUT2D eigenvalue weighted by molar-refractivity contribution is 9.10. The van der Waals surface area contributed by atoms with E-state index in [2.05, 4.69) is 39.2 Å². The monoisotopic (exact) mass is 369 g/mol. The molecular formula is C16H20BrNO2S. The minimum atomic E-state index is -2.93. The first-order valence-electron chi connectivity index (χ1n) is 7.36. The van der Waals surface area contributed by atoms with Gasteiger partial charge in [0.1, 0.15) is 0 Å². The number of hydrogen-bond donors (Lipinski definition) is 1. The molecule has 0 spiro atoms. The van der Waals surface area contributed by atoms with Crippen LogP contribution in [0.3, 0.4) is 0 Å². The summed E-state index contributed by atoms with van der Waals surface area (Å²) in [6, 6.07) is 6.20. The van der Waals surface area contributed by atoms with Crippen molar-refractivity contribution in [3.8, 4) is 0 Å². The maximum Gasteiger partial charge on any atom is 0.153 e. The second kappa shape index (κ2) is 5.43. The van der Waals surface area contributed by atoms with E-state index < -0.39 is 9.84 Å². The maximum absolute atomic E-state index is 12.2. The second-order valence-electron chi connectivity index (χ2n) is 6.30. The SMILES string of the molecule is CC(C)C1CC(c2c[nH]c3ccc(Br)cc23)CCS1(=O)=O. The van der Waals surface area contributed by atoms with Crippen LogP contribution < -0.4 is 0 Å². The Kier molecular flexibility index (Phi) is 3.91. The molecule has 1 aromatic carbocycles. The van der Waals surface area contributed by atoms with Gasteiger partial charge in [-0.2, -0.15) is 0 Å². The summed E-state index contributed by atoms with van der Waals surface area (Å²) in [6.07, 6.45) is 3.52. The first-order valence-corrected chi connectivity index (χ1v) is 9.87. The largest absolute Gasteiger partial charge is 0.361 e. The van der Waals surface area contributed by atoms with E-state index in [1.165, 1.54) is 10.9 Å². The third-order valence-electron chi connectivity index (χ3n) is 4.59. The lowest BCUT2D eigenvalue weighted by Crippen LogP contribution is -2.35. The van der Waals surface area contributed by atoms with Gasteiger partial charge in [-0.3, -0.25) is 0 Å². The van der Waals surface area contributed by atoms with Crippen molar-refractivity contribution >= 4 is 36.7 Å². The molecule has 1 aliphatic heterocycles. The van der Waals surface area contributed by atoms with E-state index >= 15 is 0 Å². The van der Waals surface area contributed by atoms with Crippen molar-refractivity contribution in [2.24, 2.45) is 5.92 Å². The second-order valence-corrected chi connectivity index (χ2v) is 9.56. The molecule has 114 valence electrons. The van der Waals surface area contributed by atoms with Crippen molar-refractivity contribution < 1.29 is 8.42 Å². The lowest BCUT2D eigenvalue weighted by molar-refractivity contribution is 0.449. The molecular weight excluding hydrogens is 350 g/mol. The zero-order chi connectivity index (χ0) is 15.2. The van der Waals surface area contributed by atoms with Crippen LogP contribution in [0.15, 0.2) is 28.9 Å². The molecule has 1 fully saturated rings. The molecule has 3 rings (SSSR count). The lowest BCUT2D eigenvalue weighted by atomic mass is 9.88. The van der Waals surface area contributed by atoms with E-state index in [0.29, 0.717) is 11.7 Å². The van der Waals surface area contributed by atoms with Crippen LogP contribution in [0, 0.1) is 5.92 Å². The van der Waals surface area contributed by atoms with E-state index in [1.54, 1.807) is 0 Å². The molecule has 2 unspecified atom stereocenters. The van der Waals surface area contributed by atoms with Gasteiger partial charge in [0.05, 0.1) is 11.0 Å². The molecule has 2 atom stereocenters. The summed E-state index contributed by atoms with van der Waals surface area (Å²) >= 11 is 3.52. The van der Waals surface area contributed by atoms with Crippen LogP contribution in [0.5, 0.6) is 0 Å². The molecule has 2 heterocycles. The molecule has 0 radical (unpaired) electrons. The van der Waals surface area contributed by atoms with Gasteiger partial charge >= 0.3 is 0 Å². The number of hydrogen-bond acceptors (Lipinski definition) is 2. The topological polar surface area (TPSA) is 49.9 Å². The molecule has 0 bridgehead atoms. The molecule has 0 saturated carbocycles. The predicted molar refractivity (Wildman–Crippen MR) is 90.4 cm³/mol. The number of aromatic amines is 1. The molecule has 0 aliphatic carbocycles. The Bertz CT molecular complexity index is 764. The Labute approximate surface area is 134 Å². The molecule has 1 aromatic heterocycles. The highest BCUT2D eigenvalue weighted by atomic mass is 79.9. The number of sulfone groups is 1. The van der Waals surface area contributed by atoms with Gasteiger partial charge in [0.25, 0.3) is 0 Å². The van der Waals surface area contributed by atoms with E-state index in [4.69, 9.17) is 0 Å². The van der Waals surface area contributed by atoms with Crippen LogP contribution in [0.25, 0.3) is 10.9 Å². The van der Waals surface area contributed by atoms with E-state index in [9.17, 15) is 8.42 Å². The van der Waals surface area contributed by atoms with Crippen LogP contribution in [0.4, 0.5) is 0 Å². The van der Waals surface area contributed by atoms with E-state index in [1.807, 2.05) is 19.9 Å². The Morgan fingerprint density at radius 2 is 2.10 bits per heavy atom. The summed E-state index contributed by atoms with van der Waals surface area (Å²) < 4.78 is 25.5. The number of H-pyrrole nitrogens is 1. The Morgan fingerprint density at radius 1 is 1.33 bits per heavy atom. The van der Waals surface area contributed by atoms with Gasteiger partial charge in [0.15, 0.2) is 9.84 Å². The molecule has 21 heavy (non-hydrogen) atoms. The van der Waals surface area contributed by atoms with Crippen molar-refractivity contribution in [3.63, 3.8) is 0 Å². The molecule has 1 N–H and O–H groups in total. The Balaban J connectivity index is 1.98. The quantitative estimate of drug-likeness (QED) is 0.859. The molecule has 1 saturated heterocycles. The van der Waals surface area contributed by atoms with Crippen LogP contribution in [-0.4, -0.2) is 24.4 Å². The fraction of sp³-hybridized carbons (Fsp3) is 0.500. The Morgan fingerprint density at radius 3 is 2.81 bits per heavy atom. The molecule has 3 nitrogen and oxygen atoms in total. The van der Waals surface area contributed by atoms with Crippen molar-refractivity contribution in [3.05, 3.63) is 34.4 Å². The number of fused-ring (bicyclic) bond motifs is 1. The normalized spacial score (nSPS) is 25.5. The van der Waals surface area contributed by atoms with Crippen LogP contribution in [-0.2, 0) is 9.84 Å². The third kappa shape index (κ3) is 2.78. The summed E-state index contributed by atoms with van der Waals surface area (Å²) in [5.41, 5.74) is 2.37. The average Bonchev–Trinajstić information content (AvgIpc) is 2.81. The van der Waals surface area contributed by atoms with Crippen molar-refractivity contribution in [1.29, 1.82) is 0 Å². The molecule has 0 amide bonds. The minimum Gasteiger partial charge on any atom is -0.361 e. The zero-order valence-electron chi connectivity index (χ0n) is 12.3. The highest BCUT2D eigenvalue weighted by Gasteiger charge is 2.37. The van der Waals surface area contributed by atoms with Gasteiger partial charge in [0, 0.05) is 21.6 Å². The van der Waals surface area contributed by atoms with E-state index in [-0.39, 0.29) is 11.2 Å². The highest BCUT2D eigenvalue weighted by Crippen LogP contribution is 2.39. The minimum absolute atomic E-state index is 0.176. The van der Waals surface area contributed by atoms with Gasteiger partial charge in [-0.15, -0.1) is 0 Å². The summed E-state index contributed by atoms with van der Waals surface area (Å²) in [5.74, 6) is 0.806. The molecule has 5 heteroatoms. The van der Waals surface area contributed by atoms with Crippen molar-refractivity contribution in [2.75, 3.05) is 5.75 Å². The van der Waals surface area contributed by atoms with Crippen LogP contribution in [0.2, 0.25) is 0 Å². The van der Waals surface area contributed by atoms with Crippen LogP contribution >= 0.6 is 15.9 Å². The van der Waals surface area contributed by atoms with Gasteiger partial charge in [0.2, 0.25) is 0 Å².